The summed E-state index contributed by atoms with van der Waals surface area (Å²) in [6, 6.07) is 24.6. The van der Waals surface area contributed by atoms with Gasteiger partial charge in [0.25, 0.3) is 0 Å². The molecule has 30 aliphatic rings. The standard InChI is InChI=1S/C74H100O42/c1-25(29-15-7-11-27-9-3-5-13-31(27)29)65(97)99-23-39-63-47(87)55(95)73(107-39)113-61-37(21-79)103-69(51(91)43(61)83)109-57-33(17-75)102-68(50(90)42(57)82)112-60-36(20-78)106-72(54(94)46(60)86)116-64-40(24-100-66(98)26(2)30-16-8-12-28-10-4-6-14-32(28)30)108-74(56(96)48(64)88)114-62-38(22-80)104-70(52(92)44(62)84)110-58-34(18-76)101-67(49(89)41(58)81)111-59-35(19-77)105-71(115-63)53(93)45(59)85/h3-16,25-26,33-64,67-96H,17-24H2,1-2H3/t25-,26-,33-,34+,35-,36+,37+,38+,39+,40+,41-,42-,43+,44+,45-,46-,47+,48-,49+,50-,51+,52+,53-,54-,55-,56-,57+,58+,59+,60+,61+,62+,63+,64+,67+,68+,69+,70+,71+,72+,73+,74+/m0/s1. The molecule has 30 aliphatic heterocycles. The van der Waals surface area contributed by atoms with Crippen LogP contribution in [-0.4, -0.2) is 423 Å². The van der Waals surface area contributed by atoms with E-state index < -0.39 is 322 Å². The van der Waals surface area contributed by atoms with Crippen LogP contribution in [0.3, 0.4) is 0 Å². The summed E-state index contributed by atoms with van der Waals surface area (Å²) >= 11 is 0. The minimum Gasteiger partial charge on any atom is -0.462 e. The zero-order valence-electron chi connectivity index (χ0n) is 62.0. The van der Waals surface area contributed by atoms with E-state index >= 15 is 0 Å². The second-order valence-electron chi connectivity index (χ2n) is 29.9. The predicted molar refractivity (Wildman–Crippen MR) is 374 cm³/mol. The highest BCUT2D eigenvalue weighted by molar-refractivity contribution is 5.92. The minimum absolute atomic E-state index is 0.510. The molecule has 22 N–H and O–H groups in total. The number of fused-ring (bicyclic) bond motifs is 2. The van der Waals surface area contributed by atoms with Crippen LogP contribution in [0.1, 0.15) is 36.8 Å². The summed E-state index contributed by atoms with van der Waals surface area (Å²) in [5, 5.41) is 257. The molecule has 0 saturated carbocycles. The molecule has 0 unspecified atom stereocenters. The highest BCUT2D eigenvalue weighted by atomic mass is 16.8. The van der Waals surface area contributed by atoms with Crippen LogP contribution in [0.25, 0.3) is 21.5 Å². The molecule has 30 saturated heterocycles. The van der Waals surface area contributed by atoms with Crippen LogP contribution in [0.5, 0.6) is 0 Å². The quantitative estimate of drug-likeness (QED) is 0.0521. The Labute approximate surface area is 658 Å². The van der Waals surface area contributed by atoms with Crippen LogP contribution in [0.2, 0.25) is 0 Å². The number of carbonyl (C=O) groups is 2. The lowest BCUT2D eigenvalue weighted by Gasteiger charge is -2.50. The molecule has 116 heavy (non-hydrogen) atoms. The molecule has 16 bridgehead atoms. The molecule has 42 atom stereocenters. The number of aliphatic hydroxyl groups is 22. The smallest absolute Gasteiger partial charge is 0.313 e. The van der Waals surface area contributed by atoms with Crippen molar-refractivity contribution in [3.63, 3.8) is 0 Å². The van der Waals surface area contributed by atoms with Crippen molar-refractivity contribution in [2.45, 2.75) is 271 Å². The Bertz CT molecular complexity index is 3590. The van der Waals surface area contributed by atoms with E-state index in [2.05, 4.69) is 0 Å². The van der Waals surface area contributed by atoms with Crippen LogP contribution in [0, 0.1) is 0 Å². The van der Waals surface area contributed by atoms with Crippen LogP contribution in [0.4, 0.5) is 0 Å². The molecule has 4 aromatic carbocycles. The Hall–Kier alpha value is -5.18. The van der Waals surface area contributed by atoms with Crippen molar-refractivity contribution in [1.82, 2.24) is 0 Å². The van der Waals surface area contributed by atoms with Gasteiger partial charge in [0.05, 0.1) is 51.5 Å². The van der Waals surface area contributed by atoms with Gasteiger partial charge in [0.2, 0.25) is 0 Å². The van der Waals surface area contributed by atoms with E-state index in [-0.39, 0.29) is 0 Å². The Morgan fingerprint density at radius 3 is 0.647 bits per heavy atom. The highest BCUT2D eigenvalue weighted by Gasteiger charge is 2.61. The summed E-state index contributed by atoms with van der Waals surface area (Å²) in [5.74, 6) is -3.83. The lowest BCUT2D eigenvalue weighted by atomic mass is 9.94. The molecule has 0 aliphatic carbocycles. The van der Waals surface area contributed by atoms with Gasteiger partial charge in [-0.25, -0.2) is 0 Å². The maximum Gasteiger partial charge on any atom is 0.313 e. The summed E-state index contributed by atoms with van der Waals surface area (Å²) in [6.07, 6.45) is -85.2. The number of ether oxygens (including phenoxy) is 18. The fourth-order valence-electron chi connectivity index (χ4n) is 16.0. The lowest BCUT2D eigenvalue weighted by Crippen LogP contribution is -2.69. The maximum absolute atomic E-state index is 14.1. The molecule has 0 spiro atoms. The third-order valence-electron chi connectivity index (χ3n) is 22.6. The van der Waals surface area contributed by atoms with Gasteiger partial charge in [-0.15, -0.1) is 0 Å². The molecule has 0 radical (unpaired) electrons. The third kappa shape index (κ3) is 17.8. The Kier molecular flexibility index (Phi) is 29.1. The maximum atomic E-state index is 14.1. The first kappa shape index (κ1) is 88.6. The number of benzene rings is 4. The van der Waals surface area contributed by atoms with Crippen molar-refractivity contribution in [1.29, 1.82) is 0 Å². The topological polar surface area (TPSA) is 645 Å². The van der Waals surface area contributed by atoms with Gasteiger partial charge in [0, 0.05) is 0 Å². The van der Waals surface area contributed by atoms with E-state index in [0.29, 0.717) is 21.9 Å². The second kappa shape index (κ2) is 38.1. The van der Waals surface area contributed by atoms with Gasteiger partial charge in [0.1, 0.15) is 209 Å². The van der Waals surface area contributed by atoms with Crippen molar-refractivity contribution in [3.8, 4) is 0 Å². The van der Waals surface area contributed by atoms with Gasteiger partial charge < -0.3 is 198 Å². The van der Waals surface area contributed by atoms with E-state index in [4.69, 9.17) is 85.3 Å². The van der Waals surface area contributed by atoms with Crippen LogP contribution < -0.4 is 0 Å². The van der Waals surface area contributed by atoms with Crippen LogP contribution in [-0.2, 0) is 94.9 Å². The molecule has 42 heteroatoms. The minimum atomic E-state index is -2.34. The number of aliphatic hydroxyl groups excluding tert-OH is 22. The average Bonchev–Trinajstić information content (AvgIpc) is 0.770. The van der Waals surface area contributed by atoms with E-state index in [9.17, 15) is 122 Å². The van der Waals surface area contributed by atoms with Gasteiger partial charge in [-0.1, -0.05) is 84.9 Å². The lowest BCUT2D eigenvalue weighted by molar-refractivity contribution is -0.404. The first-order valence-electron chi connectivity index (χ1n) is 37.8. The highest BCUT2D eigenvalue weighted by Crippen LogP contribution is 2.41. The molecule has 30 fully saturated rings. The first-order valence-corrected chi connectivity index (χ1v) is 37.8. The average molecular weight is 1660 g/mol. The van der Waals surface area contributed by atoms with Gasteiger partial charge in [-0.2, -0.15) is 0 Å². The van der Waals surface area contributed by atoms with Gasteiger partial charge in [-0.3, -0.25) is 9.59 Å². The van der Waals surface area contributed by atoms with Gasteiger partial charge >= 0.3 is 11.9 Å². The number of hydrogen-bond acceptors (Lipinski definition) is 42. The fraction of sp³-hybridized carbons (Fsp3) is 0.703. The van der Waals surface area contributed by atoms with Gasteiger partial charge in [-0.05, 0) is 46.5 Å². The van der Waals surface area contributed by atoms with Gasteiger partial charge in [0.15, 0.2) is 50.3 Å². The van der Waals surface area contributed by atoms with E-state index in [1.807, 2.05) is 0 Å². The summed E-state index contributed by atoms with van der Waals surface area (Å²) in [5.41, 5.74) is 1.02. The SMILES string of the molecule is C[C@H](C(=O)OC[C@H]1O[C@@H]2O[C@H]3[C@H](O)[C@@H](O)[C@@H](O[C@H]4[C@@H](O)[C@H](O)[C@@H](O[C@H]5[C@@H](O)[C@H](O)[C@@H](O[C@H]6[C@@H](O)[C@H](O)[C@@H](O[C@H]7[C@H](O)[C@@H](O)[C@@H](O[C@H]8[C@@H](O)[C@@H](O)[C@@H](O[C@H]9[C@@H](O)[C@H](O)[C@@H](O[C@H]1[C@H](O)[C@@H]2O)O[C@H]9CO)O[C@@H]8CO)O[C@@H]7CO)O[C@@H]6COC(=O)[C@@H](C)c1cccc2ccccc12)O[C@@H]5CO)O[C@H]4CO)O[C@@H]3CO)c1cccc2ccccc12. The van der Waals surface area contributed by atoms with Crippen molar-refractivity contribution in [3.05, 3.63) is 96.1 Å². The van der Waals surface area contributed by atoms with E-state index in [1.54, 1.807) is 84.9 Å². The number of rotatable bonds is 14. The summed E-state index contributed by atoms with van der Waals surface area (Å²) in [7, 11) is 0. The fourth-order valence-corrected chi connectivity index (χ4v) is 16.0. The van der Waals surface area contributed by atoms with E-state index in [0.717, 1.165) is 10.8 Å². The molecular formula is C74H100O42. The molecule has 0 amide bonds. The number of esters is 2. The predicted octanol–water partition coefficient (Wildman–Crippen LogP) is -10.4. The Morgan fingerprint density at radius 2 is 0.440 bits per heavy atom. The molecule has 0 aromatic heterocycles. The second-order valence-corrected chi connectivity index (χ2v) is 29.9. The van der Waals surface area contributed by atoms with E-state index in [1.165, 1.54) is 13.8 Å². The zero-order valence-corrected chi connectivity index (χ0v) is 62.0. The van der Waals surface area contributed by atoms with Crippen molar-refractivity contribution in [2.75, 3.05) is 52.9 Å². The first-order chi connectivity index (χ1) is 55.5. The summed E-state index contributed by atoms with van der Waals surface area (Å²) in [6.45, 7) is -5.56. The van der Waals surface area contributed by atoms with Crippen LogP contribution in [0.15, 0.2) is 84.9 Å². The molecular weight excluding hydrogens is 1560 g/mol. The van der Waals surface area contributed by atoms with Crippen molar-refractivity contribution >= 4 is 33.5 Å². The molecule has 648 valence electrons. The summed E-state index contributed by atoms with van der Waals surface area (Å²) in [4.78, 5) is 28.2. The monoisotopic (exact) mass is 1660 g/mol. The molecule has 4 aromatic rings. The van der Waals surface area contributed by atoms with Crippen molar-refractivity contribution in [2.24, 2.45) is 0 Å². The van der Waals surface area contributed by atoms with Crippen LogP contribution >= 0.6 is 0 Å². The number of carbonyl (C=O) groups excluding carboxylic acids is 2. The third-order valence-corrected chi connectivity index (χ3v) is 22.6. The van der Waals surface area contributed by atoms with Crippen molar-refractivity contribution < 1.29 is 207 Å². The Balaban J connectivity index is 0.788. The molecule has 34 rings (SSSR count). The summed E-state index contributed by atoms with van der Waals surface area (Å²) < 4.78 is 107. The molecule has 42 nitrogen and oxygen atoms in total. The Morgan fingerprint density at radius 1 is 0.259 bits per heavy atom. The zero-order chi connectivity index (χ0) is 83.2. The molecule has 30 heterocycles. The normalized spacial score (nSPS) is 45.3. The largest absolute Gasteiger partial charge is 0.462 e. The number of hydrogen-bond donors (Lipinski definition) is 22.